The molecule has 0 aliphatic carbocycles. The zero-order valence-corrected chi connectivity index (χ0v) is 22.1. The molecule has 0 spiro atoms. The van der Waals surface area contributed by atoms with Crippen molar-refractivity contribution in [1.82, 2.24) is 4.90 Å². The highest BCUT2D eigenvalue weighted by Crippen LogP contribution is 2.47. The van der Waals surface area contributed by atoms with Crippen LogP contribution in [0.15, 0.2) is 59.5 Å². The molecule has 37 heavy (non-hydrogen) atoms. The molecule has 0 saturated heterocycles. The van der Waals surface area contributed by atoms with Crippen molar-refractivity contribution in [2.24, 2.45) is 0 Å². The Bertz CT molecular complexity index is 1260. The van der Waals surface area contributed by atoms with Crippen LogP contribution in [-0.2, 0) is 28.9 Å². The number of esters is 1. The molecule has 5 rings (SSSR count). The van der Waals surface area contributed by atoms with Crippen molar-refractivity contribution in [2.45, 2.75) is 37.2 Å². The summed E-state index contributed by atoms with van der Waals surface area (Å²) in [6, 6.07) is 18.4. The molecular weight excluding hydrogens is 490 g/mol. The van der Waals surface area contributed by atoms with E-state index in [1.807, 2.05) is 48.5 Å². The van der Waals surface area contributed by atoms with Crippen molar-refractivity contribution in [3.63, 3.8) is 0 Å². The molecule has 2 aliphatic rings. The van der Waals surface area contributed by atoms with Crippen LogP contribution in [0.3, 0.4) is 0 Å². The smallest absolute Gasteiger partial charge is 0.344 e. The zero-order chi connectivity index (χ0) is 25.8. The molecule has 2 aliphatic heterocycles. The van der Waals surface area contributed by atoms with Crippen molar-refractivity contribution in [1.29, 1.82) is 0 Å². The van der Waals surface area contributed by atoms with E-state index in [-0.39, 0.29) is 12.6 Å². The maximum absolute atomic E-state index is 11.9. The normalized spacial score (nSPS) is 16.1. The number of hydrogen-bond donors (Lipinski definition) is 0. The van der Waals surface area contributed by atoms with Crippen LogP contribution in [0.1, 0.15) is 35.2 Å². The number of ether oxygens (including phenoxy) is 4. The van der Waals surface area contributed by atoms with Crippen LogP contribution < -0.4 is 18.4 Å². The predicted molar refractivity (Wildman–Crippen MR) is 142 cm³/mol. The summed E-state index contributed by atoms with van der Waals surface area (Å²) in [5.41, 5.74) is 4.85. The number of hydrogen-bond acceptors (Lipinski definition) is 8. The van der Waals surface area contributed by atoms with Gasteiger partial charge in [-0.15, -0.1) is 0 Å². The largest absolute Gasteiger partial charge is 0.493 e. The minimum absolute atomic E-state index is 0.153. The van der Waals surface area contributed by atoms with Gasteiger partial charge in [0, 0.05) is 29.6 Å². The van der Waals surface area contributed by atoms with E-state index < -0.39 is 5.97 Å². The summed E-state index contributed by atoms with van der Waals surface area (Å²) in [6.45, 7) is 3.62. The number of carbonyl (C=O) groups is 1. The Morgan fingerprint density at radius 2 is 1.81 bits per heavy atom. The number of carbonyl (C=O) groups excluding carboxylic acids is 1. The maximum Gasteiger partial charge on any atom is 0.344 e. The molecule has 2 heterocycles. The molecular formula is C29H31NO6S. The van der Waals surface area contributed by atoms with E-state index in [1.54, 1.807) is 21.1 Å². The quantitative estimate of drug-likeness (QED) is 0.274. The molecule has 8 heteroatoms. The minimum Gasteiger partial charge on any atom is -0.493 e. The van der Waals surface area contributed by atoms with Gasteiger partial charge < -0.3 is 23.1 Å². The highest BCUT2D eigenvalue weighted by atomic mass is 32.2. The van der Waals surface area contributed by atoms with Gasteiger partial charge >= 0.3 is 5.97 Å². The Morgan fingerprint density at radius 1 is 1.00 bits per heavy atom. The van der Waals surface area contributed by atoms with Crippen molar-refractivity contribution in [2.75, 3.05) is 34.0 Å². The molecule has 3 aromatic carbocycles. The Labute approximate surface area is 221 Å². The predicted octanol–water partition coefficient (Wildman–Crippen LogP) is 5.39. The fraction of sp³-hybridized carbons (Fsp3) is 0.345. The number of methoxy groups -OCH3 is 2. The molecule has 1 unspecified atom stereocenters. The third kappa shape index (κ3) is 5.36. The van der Waals surface area contributed by atoms with Gasteiger partial charge in [-0.3, -0.25) is 4.90 Å². The van der Waals surface area contributed by atoms with E-state index in [0.717, 1.165) is 47.9 Å². The van der Waals surface area contributed by atoms with Crippen molar-refractivity contribution in [3.8, 4) is 23.0 Å². The first-order chi connectivity index (χ1) is 18.1. The average molecular weight is 522 g/mol. The second-order valence-corrected chi connectivity index (χ2v) is 9.76. The minimum atomic E-state index is -0.398. The number of benzene rings is 3. The summed E-state index contributed by atoms with van der Waals surface area (Å²) in [6.07, 6.45) is 1.73. The molecule has 1 atom stereocenters. The van der Waals surface area contributed by atoms with Crippen LogP contribution in [0.2, 0.25) is 0 Å². The summed E-state index contributed by atoms with van der Waals surface area (Å²) in [5, 5.41) is 0. The second kappa shape index (κ2) is 11.4. The maximum atomic E-state index is 11.9. The van der Waals surface area contributed by atoms with E-state index in [0.29, 0.717) is 18.1 Å². The summed E-state index contributed by atoms with van der Waals surface area (Å²) >= 11 is 1.34. The van der Waals surface area contributed by atoms with Gasteiger partial charge in [0.05, 0.1) is 32.9 Å². The first kappa shape index (κ1) is 25.3. The van der Waals surface area contributed by atoms with Gasteiger partial charge in [0.1, 0.15) is 0 Å². The molecule has 194 valence electrons. The Kier molecular flexibility index (Phi) is 7.76. The monoisotopic (exact) mass is 521 g/mol. The molecule has 0 saturated carbocycles. The molecule has 3 aromatic rings. The lowest BCUT2D eigenvalue weighted by molar-refractivity contribution is -0.145. The van der Waals surface area contributed by atoms with Gasteiger partial charge in [-0.25, -0.2) is 4.79 Å². The van der Waals surface area contributed by atoms with Gasteiger partial charge in [0.2, 0.25) is 0 Å². The van der Waals surface area contributed by atoms with Crippen molar-refractivity contribution >= 4 is 18.0 Å². The molecule has 7 nitrogen and oxygen atoms in total. The number of nitrogens with zero attached hydrogens (tertiary/aromatic N) is 1. The fourth-order valence-corrected chi connectivity index (χ4v) is 5.67. The first-order valence-electron chi connectivity index (χ1n) is 12.4. The van der Waals surface area contributed by atoms with Crippen LogP contribution in [0, 0.1) is 0 Å². The summed E-state index contributed by atoms with van der Waals surface area (Å²) in [5.74, 6) is 2.31. The Balaban J connectivity index is 1.43. The van der Waals surface area contributed by atoms with Crippen LogP contribution in [-0.4, -0.2) is 44.8 Å². The second-order valence-electron chi connectivity index (χ2n) is 8.95. The van der Waals surface area contributed by atoms with Crippen molar-refractivity contribution < 1.29 is 27.9 Å². The van der Waals surface area contributed by atoms with Crippen LogP contribution in [0.25, 0.3) is 0 Å². The average Bonchev–Trinajstić information content (AvgIpc) is 2.93. The van der Waals surface area contributed by atoms with E-state index in [1.165, 1.54) is 28.7 Å². The molecule has 0 fully saturated rings. The molecule has 0 aromatic heterocycles. The lowest BCUT2D eigenvalue weighted by Gasteiger charge is -2.42. The lowest BCUT2D eigenvalue weighted by Crippen LogP contribution is -2.39. The van der Waals surface area contributed by atoms with Gasteiger partial charge in [-0.05, 0) is 66.8 Å². The van der Waals surface area contributed by atoms with Gasteiger partial charge in [0.15, 0.2) is 29.6 Å². The van der Waals surface area contributed by atoms with E-state index in [9.17, 15) is 4.79 Å². The zero-order valence-electron chi connectivity index (χ0n) is 21.3. The molecule has 0 N–H and O–H groups in total. The highest BCUT2D eigenvalue weighted by molar-refractivity contribution is 7.95. The Hall–Kier alpha value is -3.36. The van der Waals surface area contributed by atoms with E-state index in [2.05, 4.69) is 11.0 Å². The van der Waals surface area contributed by atoms with E-state index in [4.69, 9.17) is 23.1 Å². The third-order valence-corrected chi connectivity index (χ3v) is 7.54. The van der Waals surface area contributed by atoms with Gasteiger partial charge in [-0.1, -0.05) is 24.3 Å². The topological polar surface area (TPSA) is 66.5 Å². The number of rotatable bonds is 9. The number of fused-ring (bicyclic) bond motifs is 4. The van der Waals surface area contributed by atoms with Crippen LogP contribution >= 0.6 is 12.0 Å². The van der Waals surface area contributed by atoms with E-state index >= 15 is 0 Å². The summed E-state index contributed by atoms with van der Waals surface area (Å²) in [7, 11) is 3.29. The highest BCUT2D eigenvalue weighted by Gasteiger charge is 2.35. The third-order valence-electron chi connectivity index (χ3n) is 6.82. The molecule has 0 bridgehead atoms. The Morgan fingerprint density at radius 3 is 2.57 bits per heavy atom. The summed E-state index contributed by atoms with van der Waals surface area (Å²) < 4.78 is 28.4. The first-order valence-corrected chi connectivity index (χ1v) is 13.2. The summed E-state index contributed by atoms with van der Waals surface area (Å²) in [4.78, 5) is 15.4. The molecule has 0 amide bonds. The van der Waals surface area contributed by atoms with Gasteiger partial charge in [-0.2, -0.15) is 0 Å². The standard InChI is InChI=1S/C29H31NO6S/c1-4-34-28(31)18-35-27-16-22-20(15-26(27)33-3)12-13-30-17-23-19(14-24(22)30)10-11-25(32-2)29(23)36-37-21-8-6-5-7-9-21/h5-11,15-16,24H,4,12-14,17-18H2,1-3H3. The van der Waals surface area contributed by atoms with Gasteiger partial charge in [0.25, 0.3) is 0 Å². The van der Waals surface area contributed by atoms with Crippen molar-refractivity contribution in [3.05, 3.63) is 76.9 Å². The molecule has 0 radical (unpaired) electrons. The van der Waals surface area contributed by atoms with Crippen LogP contribution in [0.4, 0.5) is 0 Å². The SMILES string of the molecule is CCOC(=O)COc1cc2c(cc1OC)CCN1Cc3c(ccc(OC)c3OSc3ccccc3)CC21. The van der Waals surface area contributed by atoms with Crippen LogP contribution in [0.5, 0.6) is 23.0 Å². The lowest BCUT2D eigenvalue weighted by atomic mass is 9.83. The fourth-order valence-electron chi connectivity index (χ4n) is 5.04.